The van der Waals surface area contributed by atoms with Crippen LogP contribution in [-0.2, 0) is 0 Å². The first-order valence-corrected chi connectivity index (χ1v) is 4.53. The maximum Gasteiger partial charge on any atom is 0.147 e. The molecule has 1 aliphatic rings. The van der Waals surface area contributed by atoms with Gasteiger partial charge in [0, 0.05) is 23.0 Å². The van der Waals surface area contributed by atoms with Crippen molar-refractivity contribution in [3.05, 3.63) is 22.7 Å². The maximum atomic E-state index is 5.89. The van der Waals surface area contributed by atoms with Crippen LogP contribution in [0.5, 0.6) is 5.75 Å². The fourth-order valence-electron chi connectivity index (χ4n) is 1.52. The number of nitrogen functional groups attached to an aromatic ring is 1. The van der Waals surface area contributed by atoms with Crippen molar-refractivity contribution in [3.63, 3.8) is 0 Å². The van der Waals surface area contributed by atoms with Gasteiger partial charge in [-0.1, -0.05) is 11.6 Å². The molecule has 0 unspecified atom stereocenters. The van der Waals surface area contributed by atoms with Crippen LogP contribution in [0.3, 0.4) is 0 Å². The Bertz CT molecular complexity index is 341. The van der Waals surface area contributed by atoms with Crippen LogP contribution in [0, 0.1) is 0 Å². The van der Waals surface area contributed by atoms with Gasteiger partial charge in [-0.25, -0.2) is 0 Å². The summed E-state index contributed by atoms with van der Waals surface area (Å²) in [7, 11) is 0. The molecule has 0 aromatic heterocycles. The lowest BCUT2D eigenvalue weighted by Crippen LogP contribution is -2.21. The van der Waals surface area contributed by atoms with Gasteiger partial charge >= 0.3 is 0 Å². The molecule has 3 nitrogen and oxygen atoms in total. The summed E-state index contributed by atoms with van der Waals surface area (Å²) in [5, 5.41) is 0.609. The van der Waals surface area contributed by atoms with E-state index in [1.165, 1.54) is 0 Å². The number of hydrogen-bond acceptors (Lipinski definition) is 3. The molecule has 70 valence electrons. The fraction of sp³-hybridized carbons (Fsp3) is 0.333. The SMILES string of the molecule is Nc1cc(Cl)cc2c1OCC[C@H]2N. The number of ether oxygens (including phenoxy) is 1. The van der Waals surface area contributed by atoms with Crippen molar-refractivity contribution in [2.45, 2.75) is 12.5 Å². The van der Waals surface area contributed by atoms with Crippen molar-refractivity contribution in [3.8, 4) is 5.75 Å². The van der Waals surface area contributed by atoms with Crippen LogP contribution in [0.2, 0.25) is 5.02 Å². The molecule has 2 rings (SSSR count). The molecular weight excluding hydrogens is 188 g/mol. The van der Waals surface area contributed by atoms with Crippen molar-refractivity contribution < 1.29 is 4.74 Å². The van der Waals surface area contributed by atoms with E-state index in [2.05, 4.69) is 0 Å². The number of hydrogen-bond donors (Lipinski definition) is 2. The summed E-state index contributed by atoms with van der Waals surface area (Å²) in [4.78, 5) is 0. The molecule has 1 aliphatic heterocycles. The van der Waals surface area contributed by atoms with E-state index in [0.717, 1.165) is 12.0 Å². The van der Waals surface area contributed by atoms with E-state index in [1.54, 1.807) is 6.07 Å². The predicted octanol–water partition coefficient (Wildman–Crippen LogP) is 1.70. The molecule has 0 radical (unpaired) electrons. The van der Waals surface area contributed by atoms with Crippen LogP contribution in [-0.4, -0.2) is 6.61 Å². The number of anilines is 1. The van der Waals surface area contributed by atoms with Crippen molar-refractivity contribution in [1.29, 1.82) is 0 Å². The van der Waals surface area contributed by atoms with E-state index < -0.39 is 0 Å². The molecule has 1 aromatic carbocycles. The minimum absolute atomic E-state index is 0.00949. The Hall–Kier alpha value is -0.930. The van der Waals surface area contributed by atoms with Gasteiger partial charge in [0.1, 0.15) is 5.75 Å². The van der Waals surface area contributed by atoms with Gasteiger partial charge in [-0.2, -0.15) is 0 Å². The molecule has 0 saturated carbocycles. The summed E-state index contributed by atoms with van der Waals surface area (Å²) in [6.07, 6.45) is 0.812. The van der Waals surface area contributed by atoms with Crippen LogP contribution in [0.15, 0.2) is 12.1 Å². The highest BCUT2D eigenvalue weighted by Crippen LogP contribution is 2.37. The normalized spacial score (nSPS) is 20.6. The van der Waals surface area contributed by atoms with Crippen LogP contribution in [0.1, 0.15) is 18.0 Å². The van der Waals surface area contributed by atoms with Gasteiger partial charge in [0.2, 0.25) is 0 Å². The van der Waals surface area contributed by atoms with Crippen LogP contribution in [0.25, 0.3) is 0 Å². The number of benzene rings is 1. The summed E-state index contributed by atoms with van der Waals surface area (Å²) in [5.41, 5.74) is 13.1. The average Bonchev–Trinajstić information content (AvgIpc) is 2.07. The zero-order valence-electron chi connectivity index (χ0n) is 7.09. The molecule has 1 heterocycles. The summed E-state index contributed by atoms with van der Waals surface area (Å²) >= 11 is 5.86. The molecule has 1 atom stereocenters. The molecule has 4 N–H and O–H groups in total. The number of rotatable bonds is 0. The third-order valence-corrected chi connectivity index (χ3v) is 2.40. The fourth-order valence-corrected chi connectivity index (χ4v) is 1.76. The van der Waals surface area contributed by atoms with Gasteiger partial charge < -0.3 is 16.2 Å². The topological polar surface area (TPSA) is 61.3 Å². The zero-order valence-corrected chi connectivity index (χ0v) is 7.84. The minimum atomic E-state index is -0.00949. The molecule has 0 fully saturated rings. The smallest absolute Gasteiger partial charge is 0.147 e. The van der Waals surface area contributed by atoms with Crippen LogP contribution >= 0.6 is 11.6 Å². The predicted molar refractivity (Wildman–Crippen MR) is 52.9 cm³/mol. The first kappa shape index (κ1) is 8.66. The zero-order chi connectivity index (χ0) is 9.42. The van der Waals surface area contributed by atoms with E-state index >= 15 is 0 Å². The second-order valence-electron chi connectivity index (χ2n) is 3.16. The molecule has 4 heteroatoms. The Morgan fingerprint density at radius 1 is 1.46 bits per heavy atom. The molecule has 0 aliphatic carbocycles. The third kappa shape index (κ3) is 1.45. The Labute approximate surface area is 81.6 Å². The number of fused-ring (bicyclic) bond motifs is 1. The van der Waals surface area contributed by atoms with E-state index in [4.69, 9.17) is 27.8 Å². The molecule has 0 spiro atoms. The van der Waals surface area contributed by atoms with Crippen molar-refractivity contribution >= 4 is 17.3 Å². The summed E-state index contributed by atoms with van der Waals surface area (Å²) in [5.74, 6) is 0.697. The lowest BCUT2D eigenvalue weighted by Gasteiger charge is -2.24. The third-order valence-electron chi connectivity index (χ3n) is 2.19. The molecular formula is C9H11ClN2O. The van der Waals surface area contributed by atoms with Crippen molar-refractivity contribution in [1.82, 2.24) is 0 Å². The Kier molecular flexibility index (Phi) is 2.06. The standard InChI is InChI=1S/C9H11ClN2O/c10-5-3-6-7(11)1-2-13-9(6)8(12)4-5/h3-4,7H,1-2,11-12H2/t7-/m1/s1. The highest BCUT2D eigenvalue weighted by atomic mass is 35.5. The van der Waals surface area contributed by atoms with E-state index in [9.17, 15) is 0 Å². The average molecular weight is 199 g/mol. The minimum Gasteiger partial charge on any atom is -0.491 e. The van der Waals surface area contributed by atoms with Crippen LogP contribution in [0.4, 0.5) is 5.69 Å². The first-order valence-electron chi connectivity index (χ1n) is 4.16. The lowest BCUT2D eigenvalue weighted by molar-refractivity contribution is 0.270. The molecule has 0 amide bonds. The highest BCUT2D eigenvalue weighted by Gasteiger charge is 2.20. The summed E-state index contributed by atoms with van der Waals surface area (Å²) in [6.45, 7) is 0.625. The number of halogens is 1. The van der Waals surface area contributed by atoms with E-state index in [0.29, 0.717) is 23.1 Å². The largest absolute Gasteiger partial charge is 0.491 e. The summed E-state index contributed by atoms with van der Waals surface area (Å²) < 4.78 is 5.42. The molecule has 0 bridgehead atoms. The first-order chi connectivity index (χ1) is 6.18. The Morgan fingerprint density at radius 2 is 2.23 bits per heavy atom. The lowest BCUT2D eigenvalue weighted by atomic mass is 10.0. The van der Waals surface area contributed by atoms with E-state index in [-0.39, 0.29) is 6.04 Å². The van der Waals surface area contributed by atoms with Crippen LogP contribution < -0.4 is 16.2 Å². The van der Waals surface area contributed by atoms with Gasteiger partial charge in [0.15, 0.2) is 0 Å². The van der Waals surface area contributed by atoms with Gasteiger partial charge in [0.05, 0.1) is 12.3 Å². The monoisotopic (exact) mass is 198 g/mol. The van der Waals surface area contributed by atoms with Gasteiger partial charge in [-0.3, -0.25) is 0 Å². The number of nitrogens with two attached hydrogens (primary N) is 2. The Balaban J connectivity index is 2.56. The molecule has 13 heavy (non-hydrogen) atoms. The van der Waals surface area contributed by atoms with E-state index in [1.807, 2.05) is 6.07 Å². The van der Waals surface area contributed by atoms with Gasteiger partial charge in [0.25, 0.3) is 0 Å². The second-order valence-corrected chi connectivity index (χ2v) is 3.59. The van der Waals surface area contributed by atoms with Crippen molar-refractivity contribution in [2.75, 3.05) is 12.3 Å². The highest BCUT2D eigenvalue weighted by molar-refractivity contribution is 6.31. The van der Waals surface area contributed by atoms with Gasteiger partial charge in [-0.15, -0.1) is 0 Å². The second kappa shape index (κ2) is 3.09. The molecule has 1 aromatic rings. The quantitative estimate of drug-likeness (QED) is 0.624. The maximum absolute atomic E-state index is 5.89. The summed E-state index contributed by atoms with van der Waals surface area (Å²) in [6, 6.07) is 3.49. The Morgan fingerprint density at radius 3 is 3.00 bits per heavy atom. The molecule has 0 saturated heterocycles. The van der Waals surface area contributed by atoms with Crippen molar-refractivity contribution in [2.24, 2.45) is 5.73 Å². The van der Waals surface area contributed by atoms with Gasteiger partial charge in [-0.05, 0) is 12.1 Å².